The summed E-state index contributed by atoms with van der Waals surface area (Å²) < 4.78 is 13.0. The van der Waals surface area contributed by atoms with Crippen molar-refractivity contribution in [3.63, 3.8) is 0 Å². The second kappa shape index (κ2) is 3.43. The molecule has 3 nitrogen and oxygen atoms in total. The first-order valence-corrected chi connectivity index (χ1v) is 3.71. The van der Waals surface area contributed by atoms with E-state index >= 15 is 0 Å². The molecule has 0 amide bonds. The van der Waals surface area contributed by atoms with Crippen molar-refractivity contribution in [1.82, 2.24) is 0 Å². The molecule has 0 aliphatic carbocycles. The van der Waals surface area contributed by atoms with Crippen molar-refractivity contribution in [3.8, 4) is 5.75 Å². The molecule has 1 aromatic rings. The average molecular weight is 184 g/mol. The van der Waals surface area contributed by atoms with Crippen LogP contribution in [0.3, 0.4) is 0 Å². The first kappa shape index (κ1) is 9.51. The molecule has 13 heavy (non-hydrogen) atoms. The molecule has 0 bridgehead atoms. The lowest BCUT2D eigenvalue weighted by Crippen LogP contribution is -2.03. The normalized spacial score (nSPS) is 10.0. The summed E-state index contributed by atoms with van der Waals surface area (Å²) in [4.78, 5) is 10.3. The van der Waals surface area contributed by atoms with Gasteiger partial charge in [-0.1, -0.05) is 6.07 Å². The highest BCUT2D eigenvalue weighted by atomic mass is 19.1. The molecule has 0 aliphatic rings. The van der Waals surface area contributed by atoms with Gasteiger partial charge < -0.3 is 10.2 Å². The number of hydrogen-bond acceptors (Lipinski definition) is 2. The van der Waals surface area contributed by atoms with Crippen LogP contribution in [0.1, 0.15) is 11.1 Å². The highest BCUT2D eigenvalue weighted by Gasteiger charge is 2.13. The second-order valence-electron chi connectivity index (χ2n) is 2.76. The van der Waals surface area contributed by atoms with Gasteiger partial charge in [0.2, 0.25) is 0 Å². The lowest BCUT2D eigenvalue weighted by atomic mass is 10.1. The van der Waals surface area contributed by atoms with Crippen molar-refractivity contribution in [2.24, 2.45) is 0 Å². The van der Waals surface area contributed by atoms with Crippen LogP contribution in [0, 0.1) is 12.7 Å². The Morgan fingerprint density at radius 3 is 2.69 bits per heavy atom. The van der Waals surface area contributed by atoms with E-state index in [4.69, 9.17) is 5.11 Å². The fourth-order valence-corrected chi connectivity index (χ4v) is 1.05. The molecule has 70 valence electrons. The number of carboxylic acids is 1. The lowest BCUT2D eigenvalue weighted by molar-refractivity contribution is -0.136. The van der Waals surface area contributed by atoms with Gasteiger partial charge >= 0.3 is 5.97 Å². The number of carbonyl (C=O) groups is 1. The van der Waals surface area contributed by atoms with Crippen LogP contribution in [-0.4, -0.2) is 16.2 Å². The topological polar surface area (TPSA) is 57.5 Å². The number of phenols is 1. The van der Waals surface area contributed by atoms with Crippen LogP contribution in [0.5, 0.6) is 5.75 Å². The van der Waals surface area contributed by atoms with Gasteiger partial charge in [-0.15, -0.1) is 0 Å². The largest absolute Gasteiger partial charge is 0.507 e. The summed E-state index contributed by atoms with van der Waals surface area (Å²) in [6.07, 6.45) is -0.501. The van der Waals surface area contributed by atoms with Crippen molar-refractivity contribution in [1.29, 1.82) is 0 Å². The number of rotatable bonds is 2. The Morgan fingerprint density at radius 2 is 2.15 bits per heavy atom. The first-order valence-electron chi connectivity index (χ1n) is 3.71. The summed E-state index contributed by atoms with van der Waals surface area (Å²) in [5.74, 6) is -2.13. The molecule has 0 spiro atoms. The summed E-state index contributed by atoms with van der Waals surface area (Å²) >= 11 is 0. The van der Waals surface area contributed by atoms with Crippen LogP contribution in [0.4, 0.5) is 4.39 Å². The number of hydrogen-bond donors (Lipinski definition) is 2. The van der Waals surface area contributed by atoms with E-state index in [1.54, 1.807) is 6.92 Å². The zero-order chi connectivity index (χ0) is 10.0. The van der Waals surface area contributed by atoms with Gasteiger partial charge in [-0.2, -0.15) is 0 Å². The van der Waals surface area contributed by atoms with E-state index in [0.29, 0.717) is 5.56 Å². The smallest absolute Gasteiger partial charge is 0.308 e. The SMILES string of the molecule is Cc1ccc(F)c(CC(=O)O)c1O. The molecule has 0 unspecified atom stereocenters. The zero-order valence-electron chi connectivity index (χ0n) is 7.04. The van der Waals surface area contributed by atoms with Crippen LogP contribution in [0.25, 0.3) is 0 Å². The average Bonchev–Trinajstić information content (AvgIpc) is 2.05. The van der Waals surface area contributed by atoms with E-state index in [9.17, 15) is 14.3 Å². The van der Waals surface area contributed by atoms with E-state index < -0.39 is 18.2 Å². The maximum Gasteiger partial charge on any atom is 0.308 e. The Balaban J connectivity index is 3.17. The predicted molar refractivity (Wildman–Crippen MR) is 44.1 cm³/mol. The minimum atomic E-state index is -1.17. The number of aryl methyl sites for hydroxylation is 1. The molecule has 0 fully saturated rings. The number of carboxylic acid groups (broad SMARTS) is 1. The predicted octanol–water partition coefficient (Wildman–Crippen LogP) is 1.47. The molecule has 0 atom stereocenters. The number of halogens is 1. The fourth-order valence-electron chi connectivity index (χ4n) is 1.05. The van der Waals surface area contributed by atoms with Crippen molar-refractivity contribution in [2.75, 3.05) is 0 Å². The quantitative estimate of drug-likeness (QED) is 0.731. The first-order chi connectivity index (χ1) is 6.02. The summed E-state index contributed by atoms with van der Waals surface area (Å²) in [5, 5.41) is 17.8. The molecule has 0 saturated carbocycles. The molecule has 0 saturated heterocycles. The van der Waals surface area contributed by atoms with Crippen LogP contribution < -0.4 is 0 Å². The highest BCUT2D eigenvalue weighted by Crippen LogP contribution is 2.24. The molecule has 2 N–H and O–H groups in total. The van der Waals surface area contributed by atoms with Gasteiger partial charge in [0.15, 0.2) is 0 Å². The number of aromatic hydroxyl groups is 1. The van der Waals surface area contributed by atoms with Crippen molar-refractivity contribution >= 4 is 5.97 Å². The molecule has 1 rings (SSSR count). The molecular formula is C9H9FO3. The standard InChI is InChI=1S/C9H9FO3/c1-5-2-3-7(10)6(9(5)13)4-8(11)12/h2-3,13H,4H2,1H3,(H,11,12). The highest BCUT2D eigenvalue weighted by molar-refractivity contribution is 5.71. The van der Waals surface area contributed by atoms with Crippen LogP contribution in [0.15, 0.2) is 12.1 Å². The van der Waals surface area contributed by atoms with Crippen LogP contribution >= 0.6 is 0 Å². The molecule has 0 aromatic heterocycles. The minimum absolute atomic E-state index is 0.160. The Morgan fingerprint density at radius 1 is 1.54 bits per heavy atom. The molecule has 0 heterocycles. The fraction of sp³-hybridized carbons (Fsp3) is 0.222. The number of phenolic OH excluding ortho intramolecular Hbond substituents is 1. The molecule has 0 aliphatic heterocycles. The summed E-state index contributed by atoms with van der Waals surface area (Å²) in [6, 6.07) is 2.54. The van der Waals surface area contributed by atoms with Gasteiger partial charge in [0.05, 0.1) is 6.42 Å². The maximum absolute atomic E-state index is 13.0. The van der Waals surface area contributed by atoms with E-state index in [-0.39, 0.29) is 11.3 Å². The Labute approximate surface area is 74.4 Å². The van der Waals surface area contributed by atoms with Crippen LogP contribution in [-0.2, 0) is 11.2 Å². The lowest BCUT2D eigenvalue weighted by Gasteiger charge is -2.05. The van der Waals surface area contributed by atoms with Crippen LogP contribution in [0.2, 0.25) is 0 Å². The summed E-state index contributed by atoms with van der Waals surface area (Å²) in [7, 11) is 0. The van der Waals surface area contributed by atoms with E-state index in [0.717, 1.165) is 6.07 Å². The Kier molecular flexibility index (Phi) is 2.51. The third-order valence-corrected chi connectivity index (χ3v) is 1.76. The third kappa shape index (κ3) is 1.96. The van der Waals surface area contributed by atoms with Gasteiger partial charge in [0, 0.05) is 5.56 Å². The number of aliphatic carboxylic acids is 1. The monoisotopic (exact) mass is 184 g/mol. The molecule has 1 aromatic carbocycles. The van der Waals surface area contributed by atoms with E-state index in [1.165, 1.54) is 6.07 Å². The van der Waals surface area contributed by atoms with Gasteiger partial charge in [-0.25, -0.2) is 4.39 Å². The zero-order valence-corrected chi connectivity index (χ0v) is 7.04. The summed E-state index contributed by atoms with van der Waals surface area (Å²) in [5.41, 5.74) is 0.310. The van der Waals surface area contributed by atoms with Crippen molar-refractivity contribution in [2.45, 2.75) is 13.3 Å². The van der Waals surface area contributed by atoms with Gasteiger partial charge in [-0.3, -0.25) is 4.79 Å². The summed E-state index contributed by atoms with van der Waals surface area (Å²) in [6.45, 7) is 1.58. The van der Waals surface area contributed by atoms with Crippen molar-refractivity contribution in [3.05, 3.63) is 29.1 Å². The van der Waals surface area contributed by atoms with E-state index in [2.05, 4.69) is 0 Å². The second-order valence-corrected chi connectivity index (χ2v) is 2.76. The molecular weight excluding hydrogens is 175 g/mol. The van der Waals surface area contributed by atoms with E-state index in [1.807, 2.05) is 0 Å². The molecule has 0 radical (unpaired) electrons. The molecule has 4 heteroatoms. The number of benzene rings is 1. The van der Waals surface area contributed by atoms with Gasteiger partial charge in [-0.05, 0) is 18.6 Å². The Bertz CT molecular complexity index is 347. The maximum atomic E-state index is 13.0. The van der Waals surface area contributed by atoms with Crippen molar-refractivity contribution < 1.29 is 19.4 Å². The van der Waals surface area contributed by atoms with Gasteiger partial charge in [0.1, 0.15) is 11.6 Å². The Hall–Kier alpha value is -1.58. The minimum Gasteiger partial charge on any atom is -0.507 e. The third-order valence-electron chi connectivity index (χ3n) is 1.76. The van der Waals surface area contributed by atoms with Gasteiger partial charge in [0.25, 0.3) is 0 Å².